The average Bonchev–Trinajstić information content (AvgIpc) is 3.11. The first kappa shape index (κ1) is 22.4. The van der Waals surface area contributed by atoms with E-state index in [0.29, 0.717) is 6.54 Å². The van der Waals surface area contributed by atoms with Crippen molar-refractivity contribution in [3.8, 4) is 0 Å². The molecule has 0 amide bonds. The van der Waals surface area contributed by atoms with Gasteiger partial charge in [0, 0.05) is 6.54 Å². The number of unbranched alkanes of at least 4 members (excludes halogenated alkanes) is 1. The first-order valence-electron chi connectivity index (χ1n) is 10.8. The minimum absolute atomic E-state index is 0.680. The predicted molar refractivity (Wildman–Crippen MR) is 119 cm³/mol. The van der Waals surface area contributed by atoms with Crippen LogP contribution >= 0.6 is 0 Å². The summed E-state index contributed by atoms with van der Waals surface area (Å²) in [6.45, 7) is 12.9. The molecule has 2 aromatic rings. The van der Waals surface area contributed by atoms with Gasteiger partial charge in [-0.2, -0.15) is 0 Å². The van der Waals surface area contributed by atoms with Crippen molar-refractivity contribution in [1.82, 2.24) is 10.2 Å². The van der Waals surface area contributed by atoms with Crippen LogP contribution in [-0.4, -0.2) is 37.3 Å². The van der Waals surface area contributed by atoms with Crippen molar-refractivity contribution in [2.24, 2.45) is 4.99 Å². The number of benzene rings is 1. The Labute approximate surface area is 171 Å². The topological polar surface area (TPSA) is 40.8 Å². The molecule has 0 spiro atoms. The molecule has 28 heavy (non-hydrogen) atoms. The molecule has 1 heterocycles. The summed E-state index contributed by atoms with van der Waals surface area (Å²) < 4.78 is 5.49. The molecule has 1 aromatic carbocycles. The highest BCUT2D eigenvalue weighted by Gasteiger charge is 2.01. The van der Waals surface area contributed by atoms with E-state index in [0.717, 1.165) is 24.6 Å². The van der Waals surface area contributed by atoms with E-state index in [2.05, 4.69) is 53.3 Å². The van der Waals surface area contributed by atoms with E-state index in [4.69, 9.17) is 4.42 Å². The van der Waals surface area contributed by atoms with Crippen LogP contribution in [0.4, 0.5) is 0 Å². The maximum atomic E-state index is 5.49. The van der Waals surface area contributed by atoms with Gasteiger partial charge in [-0.15, -0.1) is 0 Å². The third-order valence-corrected chi connectivity index (χ3v) is 4.76. The van der Waals surface area contributed by atoms with Crippen molar-refractivity contribution in [1.29, 1.82) is 0 Å². The van der Waals surface area contributed by atoms with E-state index >= 15 is 0 Å². The highest BCUT2D eigenvalue weighted by molar-refractivity contribution is 5.75. The Hall–Kier alpha value is -1.91. The Morgan fingerprint density at radius 3 is 2.29 bits per heavy atom. The lowest BCUT2D eigenvalue weighted by molar-refractivity contribution is 0.268. The summed E-state index contributed by atoms with van der Waals surface area (Å²) in [4.78, 5) is 7.04. The molecule has 0 fully saturated rings. The lowest BCUT2D eigenvalue weighted by Gasteiger charge is -2.20. The van der Waals surface area contributed by atoms with Crippen LogP contribution in [0.1, 0.15) is 62.2 Å². The van der Waals surface area contributed by atoms with Crippen LogP contribution in [0.3, 0.4) is 0 Å². The van der Waals surface area contributed by atoms with Gasteiger partial charge in [0.05, 0.1) is 12.8 Å². The van der Waals surface area contributed by atoms with Crippen LogP contribution in [0.15, 0.2) is 45.8 Å². The Balaban J connectivity index is 1.60. The first-order chi connectivity index (χ1) is 13.7. The third kappa shape index (κ3) is 8.85. The largest absolute Gasteiger partial charge is 0.460 e. The number of aliphatic imine (C=N–C) groups is 1. The molecule has 2 rings (SSSR count). The molecule has 0 atom stereocenters. The molecule has 154 valence electrons. The number of rotatable bonds is 14. The van der Waals surface area contributed by atoms with Gasteiger partial charge in [-0.05, 0) is 82.0 Å². The summed E-state index contributed by atoms with van der Waals surface area (Å²) in [7, 11) is 0. The number of aryl methyl sites for hydroxylation is 1. The Bertz CT molecular complexity index is 669. The Kier molecular flexibility index (Phi) is 10.6. The standard InChI is InChI=1S/C24H37N3O/c1-4-15-27(16-5-2)17-7-6-14-25-18-22-9-11-23(12-10-22)19-26-20-24-13-8-21(3)28-24/h8-13,20,25H,4-7,14-19H2,1-3H3. The zero-order chi connectivity index (χ0) is 20.0. The van der Waals surface area contributed by atoms with Crippen molar-refractivity contribution in [2.75, 3.05) is 26.2 Å². The van der Waals surface area contributed by atoms with E-state index in [1.165, 1.54) is 56.4 Å². The van der Waals surface area contributed by atoms with Crippen LogP contribution in [0, 0.1) is 6.92 Å². The minimum Gasteiger partial charge on any atom is -0.460 e. The number of nitrogens with one attached hydrogen (secondary N) is 1. The smallest absolute Gasteiger partial charge is 0.144 e. The van der Waals surface area contributed by atoms with Gasteiger partial charge in [-0.1, -0.05) is 38.1 Å². The third-order valence-electron chi connectivity index (χ3n) is 4.76. The summed E-state index contributed by atoms with van der Waals surface area (Å²) in [6.07, 6.45) is 6.82. The van der Waals surface area contributed by atoms with Gasteiger partial charge in [0.2, 0.25) is 0 Å². The molecule has 0 aliphatic rings. The van der Waals surface area contributed by atoms with Crippen LogP contribution in [-0.2, 0) is 13.1 Å². The van der Waals surface area contributed by atoms with Crippen LogP contribution in [0.5, 0.6) is 0 Å². The zero-order valence-corrected chi connectivity index (χ0v) is 17.9. The monoisotopic (exact) mass is 383 g/mol. The molecule has 0 aliphatic carbocycles. The molecule has 4 nitrogen and oxygen atoms in total. The quantitative estimate of drug-likeness (QED) is 0.360. The van der Waals surface area contributed by atoms with Gasteiger partial charge >= 0.3 is 0 Å². The molecule has 1 N–H and O–H groups in total. The fourth-order valence-electron chi connectivity index (χ4n) is 3.31. The molecule has 0 saturated heterocycles. The normalized spacial score (nSPS) is 11.7. The molecule has 0 bridgehead atoms. The Morgan fingerprint density at radius 2 is 1.64 bits per heavy atom. The first-order valence-corrected chi connectivity index (χ1v) is 10.8. The second kappa shape index (κ2) is 13.3. The van der Waals surface area contributed by atoms with Gasteiger partial charge in [0.25, 0.3) is 0 Å². The second-order valence-corrected chi connectivity index (χ2v) is 7.46. The zero-order valence-electron chi connectivity index (χ0n) is 17.9. The number of hydrogen-bond acceptors (Lipinski definition) is 4. The van der Waals surface area contributed by atoms with Crippen LogP contribution in [0.2, 0.25) is 0 Å². The van der Waals surface area contributed by atoms with Crippen molar-refractivity contribution < 1.29 is 4.42 Å². The summed E-state index contributed by atoms with van der Waals surface area (Å²) >= 11 is 0. The number of hydrogen-bond donors (Lipinski definition) is 1. The number of furan rings is 1. The maximum Gasteiger partial charge on any atom is 0.144 e. The molecule has 0 radical (unpaired) electrons. The van der Waals surface area contributed by atoms with E-state index in [1.807, 2.05) is 19.1 Å². The maximum absolute atomic E-state index is 5.49. The van der Waals surface area contributed by atoms with Gasteiger partial charge in [0.15, 0.2) is 0 Å². The summed E-state index contributed by atoms with van der Waals surface area (Å²) in [5.74, 6) is 1.73. The van der Waals surface area contributed by atoms with E-state index < -0.39 is 0 Å². The van der Waals surface area contributed by atoms with Gasteiger partial charge in [-0.25, -0.2) is 0 Å². The van der Waals surface area contributed by atoms with Crippen molar-refractivity contribution >= 4 is 6.21 Å². The van der Waals surface area contributed by atoms with Gasteiger partial charge in [-0.3, -0.25) is 4.99 Å². The minimum atomic E-state index is 0.680. The molecular weight excluding hydrogens is 346 g/mol. The lowest BCUT2D eigenvalue weighted by Crippen LogP contribution is -2.27. The summed E-state index contributed by atoms with van der Waals surface area (Å²) in [5.41, 5.74) is 2.54. The van der Waals surface area contributed by atoms with Crippen LogP contribution in [0.25, 0.3) is 0 Å². The van der Waals surface area contributed by atoms with Crippen molar-refractivity contribution in [3.05, 3.63) is 59.0 Å². The highest BCUT2D eigenvalue weighted by Crippen LogP contribution is 2.07. The van der Waals surface area contributed by atoms with E-state index in [1.54, 1.807) is 6.21 Å². The lowest BCUT2D eigenvalue weighted by atomic mass is 10.1. The molecule has 0 unspecified atom stereocenters. The average molecular weight is 384 g/mol. The molecule has 1 aromatic heterocycles. The summed E-state index contributed by atoms with van der Waals surface area (Å²) in [6, 6.07) is 12.6. The predicted octanol–water partition coefficient (Wildman–Crippen LogP) is 5.20. The molecular formula is C24H37N3O. The second-order valence-electron chi connectivity index (χ2n) is 7.46. The van der Waals surface area contributed by atoms with Crippen molar-refractivity contribution in [3.63, 3.8) is 0 Å². The van der Waals surface area contributed by atoms with Crippen molar-refractivity contribution in [2.45, 2.75) is 59.5 Å². The fraction of sp³-hybridized carbons (Fsp3) is 0.542. The van der Waals surface area contributed by atoms with E-state index in [-0.39, 0.29) is 0 Å². The molecule has 4 heteroatoms. The summed E-state index contributed by atoms with van der Waals surface area (Å²) in [5, 5.41) is 3.57. The van der Waals surface area contributed by atoms with Crippen LogP contribution < -0.4 is 5.32 Å². The number of nitrogens with zero attached hydrogens (tertiary/aromatic N) is 2. The van der Waals surface area contributed by atoms with Gasteiger partial charge < -0.3 is 14.6 Å². The highest BCUT2D eigenvalue weighted by atomic mass is 16.3. The fourth-order valence-corrected chi connectivity index (χ4v) is 3.31. The Morgan fingerprint density at radius 1 is 0.929 bits per heavy atom. The molecule has 0 aliphatic heterocycles. The SMILES string of the molecule is CCCN(CCC)CCCCNCc1ccc(CN=Cc2ccc(C)o2)cc1. The molecule has 0 saturated carbocycles. The van der Waals surface area contributed by atoms with E-state index in [9.17, 15) is 0 Å². The van der Waals surface area contributed by atoms with Gasteiger partial charge in [0.1, 0.15) is 11.5 Å².